The quantitative estimate of drug-likeness (QED) is 0.749. The van der Waals surface area contributed by atoms with E-state index >= 15 is 0 Å². The zero-order chi connectivity index (χ0) is 13.1. The van der Waals surface area contributed by atoms with Gasteiger partial charge in [0.25, 0.3) is 0 Å². The molecule has 0 saturated carbocycles. The van der Waals surface area contributed by atoms with Crippen LogP contribution in [0.1, 0.15) is 19.8 Å². The highest BCUT2D eigenvalue weighted by molar-refractivity contribution is 5.88. The van der Waals surface area contributed by atoms with E-state index in [0.29, 0.717) is 0 Å². The Morgan fingerprint density at radius 1 is 1.29 bits per heavy atom. The number of nitrogens with one attached hydrogen (secondary N) is 1. The molecule has 0 bridgehead atoms. The Morgan fingerprint density at radius 2 is 1.94 bits per heavy atom. The van der Waals surface area contributed by atoms with Gasteiger partial charge in [0.1, 0.15) is 0 Å². The Balaban J connectivity index is 2.65. The molecule has 0 radical (unpaired) electrons. The SMILES string of the molecule is CCC1(C(=O)N(C)CC(=O)N(C)C)CCNC1. The molecular weight excluding hydrogens is 218 g/mol. The van der Waals surface area contributed by atoms with Crippen molar-refractivity contribution >= 4 is 11.8 Å². The van der Waals surface area contributed by atoms with Crippen molar-refractivity contribution in [3.05, 3.63) is 0 Å². The number of hydrogen-bond donors (Lipinski definition) is 1. The van der Waals surface area contributed by atoms with Crippen LogP contribution in [0, 0.1) is 5.41 Å². The minimum atomic E-state index is -0.304. The zero-order valence-electron chi connectivity index (χ0n) is 11.2. The largest absolute Gasteiger partial charge is 0.347 e. The number of carbonyl (C=O) groups is 2. The molecule has 98 valence electrons. The van der Waals surface area contributed by atoms with Crippen LogP contribution in [0.2, 0.25) is 0 Å². The predicted molar refractivity (Wildman–Crippen MR) is 66.5 cm³/mol. The summed E-state index contributed by atoms with van der Waals surface area (Å²) in [4.78, 5) is 27.0. The van der Waals surface area contributed by atoms with E-state index < -0.39 is 0 Å². The predicted octanol–water partition coefficient (Wildman–Crippen LogP) is -0.0773. The average Bonchev–Trinajstić information content (AvgIpc) is 2.77. The highest BCUT2D eigenvalue weighted by atomic mass is 16.2. The van der Waals surface area contributed by atoms with Crippen molar-refractivity contribution < 1.29 is 9.59 Å². The van der Waals surface area contributed by atoms with Crippen LogP contribution in [0.5, 0.6) is 0 Å². The summed E-state index contributed by atoms with van der Waals surface area (Å²) in [6.07, 6.45) is 1.68. The molecule has 1 fully saturated rings. The molecule has 1 saturated heterocycles. The van der Waals surface area contributed by atoms with Crippen LogP contribution < -0.4 is 5.32 Å². The third-order valence-corrected chi connectivity index (χ3v) is 3.59. The van der Waals surface area contributed by atoms with Crippen molar-refractivity contribution in [2.45, 2.75) is 19.8 Å². The molecule has 17 heavy (non-hydrogen) atoms. The van der Waals surface area contributed by atoms with Crippen LogP contribution in [-0.4, -0.2) is 62.4 Å². The maximum absolute atomic E-state index is 12.4. The van der Waals surface area contributed by atoms with E-state index in [0.717, 1.165) is 25.9 Å². The number of amides is 2. The molecule has 5 nitrogen and oxygen atoms in total. The van der Waals surface area contributed by atoms with Gasteiger partial charge in [-0.05, 0) is 19.4 Å². The molecule has 0 spiro atoms. The van der Waals surface area contributed by atoms with E-state index in [1.165, 1.54) is 4.90 Å². The fourth-order valence-electron chi connectivity index (χ4n) is 2.20. The lowest BCUT2D eigenvalue weighted by molar-refractivity contribution is -0.144. The van der Waals surface area contributed by atoms with Gasteiger partial charge in [-0.15, -0.1) is 0 Å². The van der Waals surface area contributed by atoms with E-state index in [9.17, 15) is 9.59 Å². The molecule has 1 aliphatic rings. The van der Waals surface area contributed by atoms with Gasteiger partial charge in [0, 0.05) is 27.7 Å². The van der Waals surface area contributed by atoms with Gasteiger partial charge in [0.15, 0.2) is 0 Å². The molecule has 1 atom stereocenters. The van der Waals surface area contributed by atoms with E-state index in [4.69, 9.17) is 0 Å². The lowest BCUT2D eigenvalue weighted by atomic mass is 9.83. The minimum absolute atomic E-state index is 0.0435. The first kappa shape index (κ1) is 14.0. The van der Waals surface area contributed by atoms with Gasteiger partial charge in [-0.3, -0.25) is 9.59 Å². The van der Waals surface area contributed by atoms with Gasteiger partial charge >= 0.3 is 0 Å². The molecule has 5 heteroatoms. The first-order chi connectivity index (χ1) is 7.93. The van der Waals surface area contributed by atoms with Crippen LogP contribution in [-0.2, 0) is 9.59 Å². The highest BCUT2D eigenvalue weighted by Gasteiger charge is 2.41. The summed E-state index contributed by atoms with van der Waals surface area (Å²) in [5.74, 6) is 0.0401. The lowest BCUT2D eigenvalue weighted by Gasteiger charge is -2.31. The smallest absolute Gasteiger partial charge is 0.241 e. The van der Waals surface area contributed by atoms with Gasteiger partial charge < -0.3 is 15.1 Å². The van der Waals surface area contributed by atoms with Crippen molar-refractivity contribution in [2.75, 3.05) is 40.8 Å². The molecule has 0 aromatic rings. The topological polar surface area (TPSA) is 52.7 Å². The maximum Gasteiger partial charge on any atom is 0.241 e. The Morgan fingerprint density at radius 3 is 2.35 bits per heavy atom. The molecule has 0 aliphatic carbocycles. The first-order valence-corrected chi connectivity index (χ1v) is 6.09. The van der Waals surface area contributed by atoms with Crippen molar-refractivity contribution in [3.63, 3.8) is 0 Å². The summed E-state index contributed by atoms with van der Waals surface area (Å²) < 4.78 is 0. The van der Waals surface area contributed by atoms with Gasteiger partial charge in [-0.1, -0.05) is 6.92 Å². The summed E-state index contributed by atoms with van der Waals surface area (Å²) in [7, 11) is 5.11. The van der Waals surface area contributed by atoms with E-state index in [1.54, 1.807) is 26.0 Å². The Bertz CT molecular complexity index is 296. The lowest BCUT2D eigenvalue weighted by Crippen LogP contribution is -2.46. The van der Waals surface area contributed by atoms with Gasteiger partial charge in [-0.2, -0.15) is 0 Å². The maximum atomic E-state index is 12.4. The summed E-state index contributed by atoms with van der Waals surface area (Å²) in [6.45, 7) is 3.80. The fourth-order valence-corrected chi connectivity index (χ4v) is 2.20. The second-order valence-corrected chi connectivity index (χ2v) is 5.01. The minimum Gasteiger partial charge on any atom is -0.347 e. The third-order valence-electron chi connectivity index (χ3n) is 3.59. The molecule has 1 rings (SSSR count). The molecule has 1 heterocycles. The molecule has 1 N–H and O–H groups in total. The summed E-state index contributed by atoms with van der Waals surface area (Å²) in [6, 6.07) is 0. The van der Waals surface area contributed by atoms with Crippen molar-refractivity contribution in [1.29, 1.82) is 0 Å². The normalized spacial score (nSPS) is 23.5. The van der Waals surface area contributed by atoms with E-state index in [2.05, 4.69) is 5.32 Å². The monoisotopic (exact) mass is 241 g/mol. The van der Waals surface area contributed by atoms with Crippen LogP contribution >= 0.6 is 0 Å². The molecule has 0 aromatic carbocycles. The van der Waals surface area contributed by atoms with Crippen molar-refractivity contribution in [3.8, 4) is 0 Å². The molecule has 1 aliphatic heterocycles. The van der Waals surface area contributed by atoms with Crippen LogP contribution in [0.15, 0.2) is 0 Å². The van der Waals surface area contributed by atoms with Gasteiger partial charge in [-0.25, -0.2) is 0 Å². The van der Waals surface area contributed by atoms with Crippen LogP contribution in [0.3, 0.4) is 0 Å². The molecule has 0 aromatic heterocycles. The zero-order valence-corrected chi connectivity index (χ0v) is 11.2. The van der Waals surface area contributed by atoms with Crippen molar-refractivity contribution in [1.82, 2.24) is 15.1 Å². The number of carbonyl (C=O) groups excluding carboxylic acids is 2. The summed E-state index contributed by atoms with van der Waals surface area (Å²) in [5.41, 5.74) is -0.304. The van der Waals surface area contributed by atoms with Gasteiger partial charge in [0.05, 0.1) is 12.0 Å². The third kappa shape index (κ3) is 2.97. The first-order valence-electron chi connectivity index (χ1n) is 6.09. The van der Waals surface area contributed by atoms with E-state index in [1.807, 2.05) is 6.92 Å². The van der Waals surface area contributed by atoms with Crippen LogP contribution in [0.4, 0.5) is 0 Å². The molecule has 2 amide bonds. The van der Waals surface area contributed by atoms with E-state index in [-0.39, 0.29) is 23.8 Å². The average molecular weight is 241 g/mol. The van der Waals surface area contributed by atoms with Crippen LogP contribution in [0.25, 0.3) is 0 Å². The summed E-state index contributed by atoms with van der Waals surface area (Å²) >= 11 is 0. The fraction of sp³-hybridized carbons (Fsp3) is 0.833. The Labute approximate surface area is 103 Å². The second kappa shape index (κ2) is 5.49. The van der Waals surface area contributed by atoms with Crippen molar-refractivity contribution in [2.24, 2.45) is 5.41 Å². The second-order valence-electron chi connectivity index (χ2n) is 5.01. The highest BCUT2D eigenvalue weighted by Crippen LogP contribution is 2.31. The number of rotatable bonds is 4. The Hall–Kier alpha value is -1.10. The Kier molecular flexibility index (Phi) is 4.51. The molecular formula is C12H23N3O2. The summed E-state index contributed by atoms with van der Waals surface area (Å²) in [5, 5.41) is 3.23. The molecule has 1 unspecified atom stereocenters. The number of likely N-dealkylation sites (N-methyl/N-ethyl adjacent to an activating group) is 2. The van der Waals surface area contributed by atoms with Gasteiger partial charge in [0.2, 0.25) is 11.8 Å². The number of hydrogen-bond acceptors (Lipinski definition) is 3. The number of nitrogens with zero attached hydrogens (tertiary/aromatic N) is 2. The standard InChI is InChI=1S/C12H23N3O2/c1-5-12(6-7-13-9-12)11(17)15(4)8-10(16)14(2)3/h13H,5-9H2,1-4H3.